The van der Waals surface area contributed by atoms with Crippen molar-refractivity contribution in [2.24, 2.45) is 0 Å². The highest BCUT2D eigenvalue weighted by atomic mass is 35.5. The van der Waals surface area contributed by atoms with Gasteiger partial charge in [0.15, 0.2) is 0 Å². The molecule has 0 radical (unpaired) electrons. The SMILES string of the molecule is Cc1cccc(C(=O)Nc2ccc(NCC(=O)Nc3cc(Cl)c(Cl)cc3Cl)cc2)c1. The summed E-state index contributed by atoms with van der Waals surface area (Å²) in [5.41, 5.74) is 3.36. The van der Waals surface area contributed by atoms with Gasteiger partial charge in [-0.1, -0.05) is 52.5 Å². The molecule has 3 N–H and O–H groups in total. The third-order valence-electron chi connectivity index (χ3n) is 4.16. The highest BCUT2D eigenvalue weighted by Crippen LogP contribution is 2.32. The molecule has 0 bridgehead atoms. The fourth-order valence-electron chi connectivity index (χ4n) is 2.66. The maximum Gasteiger partial charge on any atom is 0.255 e. The van der Waals surface area contributed by atoms with Crippen LogP contribution in [0.4, 0.5) is 17.1 Å². The van der Waals surface area contributed by atoms with E-state index in [-0.39, 0.29) is 18.4 Å². The van der Waals surface area contributed by atoms with E-state index in [0.717, 1.165) is 11.3 Å². The standard InChI is InChI=1S/C22H18Cl3N3O2/c1-13-3-2-4-14(9-13)22(30)27-16-7-5-15(6-8-16)26-12-21(29)28-20-11-18(24)17(23)10-19(20)25/h2-11,26H,12H2,1H3,(H,27,30)(H,28,29). The molecule has 0 unspecified atom stereocenters. The van der Waals surface area contributed by atoms with E-state index >= 15 is 0 Å². The lowest BCUT2D eigenvalue weighted by Gasteiger charge is -2.11. The fourth-order valence-corrected chi connectivity index (χ4v) is 3.25. The second kappa shape index (κ2) is 9.85. The van der Waals surface area contributed by atoms with Crippen LogP contribution in [-0.4, -0.2) is 18.4 Å². The van der Waals surface area contributed by atoms with Gasteiger partial charge in [-0.15, -0.1) is 0 Å². The quantitative estimate of drug-likeness (QED) is 0.379. The van der Waals surface area contributed by atoms with Crippen molar-refractivity contribution < 1.29 is 9.59 Å². The summed E-state index contributed by atoms with van der Waals surface area (Å²) in [5.74, 6) is -0.482. The molecule has 0 aliphatic carbocycles. The maximum atomic E-state index is 12.3. The second-order valence-electron chi connectivity index (χ2n) is 6.55. The topological polar surface area (TPSA) is 70.2 Å². The van der Waals surface area contributed by atoms with E-state index in [2.05, 4.69) is 16.0 Å². The minimum absolute atomic E-state index is 0.0194. The Morgan fingerprint density at radius 2 is 1.47 bits per heavy atom. The third-order valence-corrected chi connectivity index (χ3v) is 5.20. The molecule has 0 saturated carbocycles. The molecular weight excluding hydrogens is 445 g/mol. The number of carbonyl (C=O) groups is 2. The molecule has 3 aromatic rings. The molecule has 2 amide bonds. The number of nitrogens with one attached hydrogen (secondary N) is 3. The van der Waals surface area contributed by atoms with Gasteiger partial charge in [-0.05, 0) is 55.5 Å². The Morgan fingerprint density at radius 3 is 2.17 bits per heavy atom. The molecule has 154 valence electrons. The predicted octanol–water partition coefficient (Wildman–Crippen LogP) is 6.26. The first kappa shape index (κ1) is 22.0. The summed E-state index contributed by atoms with van der Waals surface area (Å²) in [6.45, 7) is 1.95. The number of rotatable bonds is 6. The molecule has 0 atom stereocenters. The normalized spacial score (nSPS) is 10.4. The molecule has 0 aliphatic rings. The molecule has 0 aromatic heterocycles. The van der Waals surface area contributed by atoms with Gasteiger partial charge in [-0.3, -0.25) is 9.59 Å². The van der Waals surface area contributed by atoms with Crippen LogP contribution in [0.2, 0.25) is 15.1 Å². The van der Waals surface area contributed by atoms with Crippen molar-refractivity contribution >= 4 is 63.7 Å². The first-order chi connectivity index (χ1) is 14.3. The number of hydrogen-bond acceptors (Lipinski definition) is 3. The molecule has 8 heteroatoms. The Bertz CT molecular complexity index is 1090. The monoisotopic (exact) mass is 461 g/mol. The number of hydrogen-bond donors (Lipinski definition) is 3. The zero-order chi connectivity index (χ0) is 21.7. The van der Waals surface area contributed by atoms with Crippen LogP contribution < -0.4 is 16.0 Å². The highest BCUT2D eigenvalue weighted by molar-refractivity contribution is 6.44. The third kappa shape index (κ3) is 5.89. The fraction of sp³-hybridized carbons (Fsp3) is 0.0909. The lowest BCUT2D eigenvalue weighted by atomic mass is 10.1. The average molecular weight is 463 g/mol. The van der Waals surface area contributed by atoms with Gasteiger partial charge in [-0.25, -0.2) is 0 Å². The summed E-state index contributed by atoms with van der Waals surface area (Å²) in [4.78, 5) is 24.5. The van der Waals surface area contributed by atoms with Gasteiger partial charge in [0.1, 0.15) is 0 Å². The van der Waals surface area contributed by atoms with Gasteiger partial charge in [0.25, 0.3) is 5.91 Å². The van der Waals surface area contributed by atoms with E-state index < -0.39 is 0 Å². The van der Waals surface area contributed by atoms with Crippen LogP contribution in [0, 0.1) is 6.92 Å². The van der Waals surface area contributed by atoms with E-state index in [4.69, 9.17) is 34.8 Å². The zero-order valence-corrected chi connectivity index (χ0v) is 18.2. The number of halogens is 3. The molecular formula is C22H18Cl3N3O2. The van der Waals surface area contributed by atoms with Crippen molar-refractivity contribution in [2.45, 2.75) is 6.92 Å². The molecule has 3 aromatic carbocycles. The zero-order valence-electron chi connectivity index (χ0n) is 15.9. The molecule has 0 spiro atoms. The van der Waals surface area contributed by atoms with Crippen LogP contribution in [0.15, 0.2) is 60.7 Å². The summed E-state index contributed by atoms with van der Waals surface area (Å²) in [7, 11) is 0. The van der Waals surface area contributed by atoms with Gasteiger partial charge in [0.05, 0.1) is 27.3 Å². The smallest absolute Gasteiger partial charge is 0.255 e. The lowest BCUT2D eigenvalue weighted by molar-refractivity contribution is -0.114. The first-order valence-electron chi connectivity index (χ1n) is 8.98. The summed E-state index contributed by atoms with van der Waals surface area (Å²) in [6, 6.07) is 17.4. The van der Waals surface area contributed by atoms with E-state index in [1.54, 1.807) is 30.3 Å². The first-order valence-corrected chi connectivity index (χ1v) is 10.1. The van der Waals surface area contributed by atoms with E-state index in [9.17, 15) is 9.59 Å². The van der Waals surface area contributed by atoms with Crippen molar-refractivity contribution in [3.8, 4) is 0 Å². The van der Waals surface area contributed by atoms with Crippen LogP contribution in [0.1, 0.15) is 15.9 Å². The minimum Gasteiger partial charge on any atom is -0.376 e. The van der Waals surface area contributed by atoms with Gasteiger partial charge in [0, 0.05) is 16.9 Å². The van der Waals surface area contributed by atoms with Crippen LogP contribution in [-0.2, 0) is 4.79 Å². The average Bonchev–Trinajstić information content (AvgIpc) is 2.71. The highest BCUT2D eigenvalue weighted by Gasteiger charge is 2.10. The number of anilines is 3. The molecule has 0 heterocycles. The van der Waals surface area contributed by atoms with Crippen LogP contribution in [0.5, 0.6) is 0 Å². The van der Waals surface area contributed by atoms with Crippen LogP contribution in [0.25, 0.3) is 0 Å². The summed E-state index contributed by atoms with van der Waals surface area (Å²) >= 11 is 17.9. The largest absolute Gasteiger partial charge is 0.376 e. The number of amides is 2. The Kier molecular flexibility index (Phi) is 7.21. The number of carbonyl (C=O) groups excluding carboxylic acids is 2. The van der Waals surface area contributed by atoms with Crippen molar-refractivity contribution in [1.82, 2.24) is 0 Å². The molecule has 0 aliphatic heterocycles. The van der Waals surface area contributed by atoms with Crippen LogP contribution >= 0.6 is 34.8 Å². The number of benzene rings is 3. The van der Waals surface area contributed by atoms with Crippen molar-refractivity contribution in [2.75, 3.05) is 22.5 Å². The van der Waals surface area contributed by atoms with E-state index in [0.29, 0.717) is 32.0 Å². The van der Waals surface area contributed by atoms with Crippen molar-refractivity contribution in [3.05, 3.63) is 86.9 Å². The van der Waals surface area contributed by atoms with E-state index in [1.807, 2.05) is 25.1 Å². The molecule has 5 nitrogen and oxygen atoms in total. The van der Waals surface area contributed by atoms with Gasteiger partial charge in [0.2, 0.25) is 5.91 Å². The predicted molar refractivity (Wildman–Crippen MR) is 124 cm³/mol. The van der Waals surface area contributed by atoms with Crippen molar-refractivity contribution in [3.63, 3.8) is 0 Å². The summed E-state index contributed by atoms with van der Waals surface area (Å²) in [5, 5.41) is 9.43. The lowest BCUT2D eigenvalue weighted by Crippen LogP contribution is -2.22. The molecule has 30 heavy (non-hydrogen) atoms. The minimum atomic E-state index is -0.299. The van der Waals surface area contributed by atoms with Gasteiger partial charge < -0.3 is 16.0 Å². The Balaban J connectivity index is 1.54. The number of aryl methyl sites for hydroxylation is 1. The maximum absolute atomic E-state index is 12.3. The Hall–Kier alpha value is -2.73. The Labute approximate surface area is 189 Å². The Morgan fingerprint density at radius 1 is 0.800 bits per heavy atom. The molecule has 0 saturated heterocycles. The van der Waals surface area contributed by atoms with Gasteiger partial charge in [-0.2, -0.15) is 0 Å². The molecule has 3 rings (SSSR count). The van der Waals surface area contributed by atoms with Gasteiger partial charge >= 0.3 is 0 Å². The summed E-state index contributed by atoms with van der Waals surface area (Å²) in [6.07, 6.45) is 0. The van der Waals surface area contributed by atoms with Crippen molar-refractivity contribution in [1.29, 1.82) is 0 Å². The van der Waals surface area contributed by atoms with Crippen LogP contribution in [0.3, 0.4) is 0 Å². The second-order valence-corrected chi connectivity index (χ2v) is 7.77. The molecule has 0 fully saturated rings. The van der Waals surface area contributed by atoms with E-state index in [1.165, 1.54) is 12.1 Å². The summed E-state index contributed by atoms with van der Waals surface area (Å²) < 4.78 is 0.